The normalized spacial score (nSPS) is 13.0. The van der Waals surface area contributed by atoms with Gasteiger partial charge in [0, 0.05) is 27.5 Å². The van der Waals surface area contributed by atoms with Crippen molar-refractivity contribution in [3.8, 4) is 0 Å². The van der Waals surface area contributed by atoms with E-state index in [9.17, 15) is 9.00 Å². The van der Waals surface area contributed by atoms with Gasteiger partial charge in [-0.3, -0.25) is 9.00 Å². The van der Waals surface area contributed by atoms with Gasteiger partial charge in [0.15, 0.2) is 5.82 Å². The molecule has 0 saturated heterocycles. The Hall–Kier alpha value is -2.02. The molecule has 1 heterocycles. The second-order valence-corrected chi connectivity index (χ2v) is 7.51. The van der Waals surface area contributed by atoms with Gasteiger partial charge in [-0.1, -0.05) is 38.1 Å². The SMILES string of the molecule is CC(C)(C)c1noc(C[S@@](=O)Cc2cccc(C(N)=O)c2)n1. The van der Waals surface area contributed by atoms with Crippen LogP contribution in [0.25, 0.3) is 0 Å². The second kappa shape index (κ2) is 6.39. The maximum Gasteiger partial charge on any atom is 0.248 e. The highest BCUT2D eigenvalue weighted by molar-refractivity contribution is 7.83. The molecule has 0 saturated carbocycles. The van der Waals surface area contributed by atoms with E-state index < -0.39 is 16.7 Å². The van der Waals surface area contributed by atoms with E-state index in [4.69, 9.17) is 10.3 Å². The maximum absolute atomic E-state index is 12.2. The lowest BCUT2D eigenvalue weighted by molar-refractivity contribution is 0.1000. The number of nitrogens with two attached hydrogens (primary N) is 1. The number of hydrogen-bond donors (Lipinski definition) is 1. The second-order valence-electron chi connectivity index (χ2n) is 6.05. The van der Waals surface area contributed by atoms with Gasteiger partial charge in [-0.25, -0.2) is 0 Å². The zero-order valence-electron chi connectivity index (χ0n) is 12.8. The number of carbonyl (C=O) groups is 1. The Balaban J connectivity index is 2.03. The van der Waals surface area contributed by atoms with Crippen LogP contribution in [0.15, 0.2) is 28.8 Å². The molecule has 0 unspecified atom stereocenters. The van der Waals surface area contributed by atoms with Crippen molar-refractivity contribution >= 4 is 16.7 Å². The topological polar surface area (TPSA) is 99.1 Å². The fraction of sp³-hybridized carbons (Fsp3) is 0.400. The Morgan fingerprint density at radius 1 is 1.32 bits per heavy atom. The Bertz CT molecular complexity index is 704. The number of primary amides is 1. The minimum Gasteiger partial charge on any atom is -0.366 e. The summed E-state index contributed by atoms with van der Waals surface area (Å²) in [6.07, 6.45) is 0. The molecular formula is C15H19N3O3S. The van der Waals surface area contributed by atoms with Gasteiger partial charge in [0.25, 0.3) is 0 Å². The van der Waals surface area contributed by atoms with Gasteiger partial charge in [-0.05, 0) is 17.7 Å². The summed E-state index contributed by atoms with van der Waals surface area (Å²) in [5.41, 5.74) is 6.21. The van der Waals surface area contributed by atoms with Crippen molar-refractivity contribution in [3.63, 3.8) is 0 Å². The number of carbonyl (C=O) groups excluding carboxylic acids is 1. The summed E-state index contributed by atoms with van der Waals surface area (Å²) in [5.74, 6) is 0.932. The molecule has 1 amide bonds. The van der Waals surface area contributed by atoms with Crippen LogP contribution < -0.4 is 5.73 Å². The smallest absolute Gasteiger partial charge is 0.248 e. The predicted molar refractivity (Wildman–Crippen MR) is 83.5 cm³/mol. The molecule has 118 valence electrons. The molecule has 0 bridgehead atoms. The Kier molecular flexibility index (Phi) is 4.75. The van der Waals surface area contributed by atoms with Crippen LogP contribution in [0.5, 0.6) is 0 Å². The van der Waals surface area contributed by atoms with E-state index in [1.165, 1.54) is 0 Å². The summed E-state index contributed by atoms with van der Waals surface area (Å²) in [5, 5.41) is 3.90. The summed E-state index contributed by atoms with van der Waals surface area (Å²) in [7, 11) is -1.21. The van der Waals surface area contributed by atoms with Crippen LogP contribution >= 0.6 is 0 Å². The summed E-state index contributed by atoms with van der Waals surface area (Å²) >= 11 is 0. The first kappa shape index (κ1) is 16.4. The molecule has 1 atom stereocenters. The summed E-state index contributed by atoms with van der Waals surface area (Å²) in [4.78, 5) is 15.4. The van der Waals surface area contributed by atoms with E-state index in [1.807, 2.05) is 20.8 Å². The molecule has 0 aliphatic rings. The molecule has 6 nitrogen and oxygen atoms in total. The van der Waals surface area contributed by atoms with Crippen molar-refractivity contribution in [2.24, 2.45) is 5.73 Å². The molecule has 22 heavy (non-hydrogen) atoms. The van der Waals surface area contributed by atoms with Crippen LogP contribution in [-0.2, 0) is 27.7 Å². The number of rotatable bonds is 5. The molecule has 1 aromatic carbocycles. The van der Waals surface area contributed by atoms with E-state index in [-0.39, 0.29) is 11.2 Å². The maximum atomic E-state index is 12.2. The van der Waals surface area contributed by atoms with Gasteiger partial charge in [0.2, 0.25) is 11.8 Å². The average molecular weight is 321 g/mol. The van der Waals surface area contributed by atoms with E-state index >= 15 is 0 Å². The first-order chi connectivity index (χ1) is 10.3. The van der Waals surface area contributed by atoms with Gasteiger partial charge in [-0.15, -0.1) is 0 Å². The van der Waals surface area contributed by atoms with Crippen LogP contribution in [0.3, 0.4) is 0 Å². The van der Waals surface area contributed by atoms with E-state index in [0.717, 1.165) is 5.56 Å². The van der Waals surface area contributed by atoms with Crippen molar-refractivity contribution in [3.05, 3.63) is 47.1 Å². The van der Waals surface area contributed by atoms with Crippen molar-refractivity contribution < 1.29 is 13.5 Å². The standard InChI is InChI=1S/C15H19N3O3S/c1-15(2,3)14-17-12(21-18-14)9-22(20)8-10-5-4-6-11(7-10)13(16)19/h4-7H,8-9H2,1-3H3,(H2,16,19)/t22-/m0/s1. The third-order valence-corrected chi connectivity index (χ3v) is 4.19. The van der Waals surface area contributed by atoms with Crippen LogP contribution in [0.4, 0.5) is 0 Å². The van der Waals surface area contributed by atoms with Crippen LogP contribution in [0, 0.1) is 0 Å². The first-order valence-corrected chi connectivity index (χ1v) is 8.31. The van der Waals surface area contributed by atoms with Gasteiger partial charge < -0.3 is 10.3 Å². The monoisotopic (exact) mass is 321 g/mol. The number of aromatic nitrogens is 2. The fourth-order valence-corrected chi connectivity index (χ4v) is 2.85. The van der Waals surface area contributed by atoms with Crippen molar-refractivity contribution in [2.45, 2.75) is 37.7 Å². The Morgan fingerprint density at radius 3 is 2.64 bits per heavy atom. The van der Waals surface area contributed by atoms with Crippen LogP contribution in [-0.4, -0.2) is 20.3 Å². The molecule has 1 aromatic heterocycles. The number of amides is 1. The third kappa shape index (κ3) is 4.24. The van der Waals surface area contributed by atoms with E-state index in [0.29, 0.717) is 23.0 Å². The number of benzene rings is 1. The van der Waals surface area contributed by atoms with Gasteiger partial charge in [0.05, 0.1) is 0 Å². The largest absolute Gasteiger partial charge is 0.366 e. The lowest BCUT2D eigenvalue weighted by Gasteiger charge is -2.10. The minimum absolute atomic E-state index is 0.184. The highest BCUT2D eigenvalue weighted by Gasteiger charge is 2.21. The molecule has 0 spiro atoms. The molecular weight excluding hydrogens is 302 g/mol. The molecule has 0 aliphatic carbocycles. The Labute approximate surface area is 131 Å². The summed E-state index contributed by atoms with van der Waals surface area (Å²) in [6.45, 7) is 5.94. The van der Waals surface area contributed by atoms with E-state index in [2.05, 4.69) is 10.1 Å². The molecule has 0 aliphatic heterocycles. The van der Waals surface area contributed by atoms with Crippen molar-refractivity contribution in [1.82, 2.24) is 10.1 Å². The lowest BCUT2D eigenvalue weighted by Crippen LogP contribution is -2.13. The first-order valence-electron chi connectivity index (χ1n) is 6.82. The highest BCUT2D eigenvalue weighted by atomic mass is 32.2. The molecule has 0 radical (unpaired) electrons. The molecule has 7 heteroatoms. The van der Waals surface area contributed by atoms with Crippen molar-refractivity contribution in [2.75, 3.05) is 0 Å². The molecule has 2 N–H and O–H groups in total. The molecule has 2 rings (SSSR count). The quantitative estimate of drug-likeness (QED) is 0.907. The third-order valence-electron chi connectivity index (χ3n) is 2.96. The minimum atomic E-state index is -1.21. The average Bonchev–Trinajstić information content (AvgIpc) is 2.87. The van der Waals surface area contributed by atoms with Crippen molar-refractivity contribution in [1.29, 1.82) is 0 Å². The molecule has 2 aromatic rings. The highest BCUT2D eigenvalue weighted by Crippen LogP contribution is 2.19. The Morgan fingerprint density at radius 2 is 2.05 bits per heavy atom. The van der Waals surface area contributed by atoms with Crippen LogP contribution in [0.1, 0.15) is 48.4 Å². The van der Waals surface area contributed by atoms with Gasteiger partial charge >= 0.3 is 0 Å². The lowest BCUT2D eigenvalue weighted by atomic mass is 9.96. The van der Waals surface area contributed by atoms with Gasteiger partial charge in [0.1, 0.15) is 5.75 Å². The summed E-state index contributed by atoms with van der Waals surface area (Å²) < 4.78 is 17.3. The predicted octanol–water partition coefficient (Wildman–Crippen LogP) is 1.91. The van der Waals surface area contributed by atoms with Crippen LogP contribution in [0.2, 0.25) is 0 Å². The van der Waals surface area contributed by atoms with E-state index in [1.54, 1.807) is 24.3 Å². The zero-order valence-corrected chi connectivity index (χ0v) is 13.6. The fourth-order valence-electron chi connectivity index (χ4n) is 1.81. The summed E-state index contributed by atoms with van der Waals surface area (Å²) in [6, 6.07) is 6.80. The molecule has 0 fully saturated rings. The number of hydrogen-bond acceptors (Lipinski definition) is 5. The van der Waals surface area contributed by atoms with Gasteiger partial charge in [-0.2, -0.15) is 4.98 Å². The zero-order chi connectivity index (χ0) is 16.3. The number of nitrogens with zero attached hydrogens (tertiary/aromatic N) is 2.